The molecule has 0 saturated carbocycles. The number of aliphatic hydroxyl groups is 1. The minimum atomic E-state index is -1.02. The molecule has 1 atom stereocenters. The van der Waals surface area contributed by atoms with Crippen LogP contribution in [0.2, 0.25) is 10.0 Å². The van der Waals surface area contributed by atoms with E-state index < -0.39 is 5.60 Å². The van der Waals surface area contributed by atoms with Gasteiger partial charge in [0, 0.05) is 31.2 Å². The highest BCUT2D eigenvalue weighted by Gasteiger charge is 2.26. The number of hydrogen-bond acceptors (Lipinski definition) is 4. The van der Waals surface area contributed by atoms with Gasteiger partial charge in [-0.3, -0.25) is 9.69 Å². The number of ether oxygens (including phenoxy) is 1. The fourth-order valence-corrected chi connectivity index (χ4v) is 2.83. The first-order valence-corrected chi connectivity index (χ1v) is 7.89. The summed E-state index contributed by atoms with van der Waals surface area (Å²) in [5, 5.41) is 13.9. The van der Waals surface area contributed by atoms with E-state index in [-0.39, 0.29) is 17.5 Å². The summed E-state index contributed by atoms with van der Waals surface area (Å²) in [6.07, 6.45) is 0. The predicted octanol–water partition coefficient (Wildman–Crippen LogP) is 1.81. The Bertz CT molecular complexity index is 532. The van der Waals surface area contributed by atoms with E-state index >= 15 is 0 Å². The SMILES string of the molecule is C[C@](O)(CNC(=O)c1ccc(Cl)cc1Cl)CN1CCOCC1. The zero-order valence-electron chi connectivity index (χ0n) is 12.4. The van der Waals surface area contributed by atoms with Crippen LogP contribution in [0.1, 0.15) is 17.3 Å². The zero-order valence-corrected chi connectivity index (χ0v) is 14.0. The Hall–Kier alpha value is -0.850. The molecule has 0 unspecified atom stereocenters. The zero-order chi connectivity index (χ0) is 16.2. The number of nitrogens with zero attached hydrogens (tertiary/aromatic N) is 1. The Morgan fingerprint density at radius 1 is 1.41 bits per heavy atom. The van der Waals surface area contributed by atoms with Gasteiger partial charge < -0.3 is 15.2 Å². The molecule has 0 bridgehead atoms. The molecule has 1 fully saturated rings. The molecule has 122 valence electrons. The molecule has 7 heteroatoms. The fourth-order valence-electron chi connectivity index (χ4n) is 2.34. The Balaban J connectivity index is 1.88. The molecule has 1 aromatic rings. The number of nitrogens with one attached hydrogen (secondary N) is 1. The molecule has 2 N–H and O–H groups in total. The van der Waals surface area contributed by atoms with E-state index in [0.717, 1.165) is 13.1 Å². The highest BCUT2D eigenvalue weighted by atomic mass is 35.5. The largest absolute Gasteiger partial charge is 0.387 e. The Morgan fingerprint density at radius 3 is 2.73 bits per heavy atom. The van der Waals surface area contributed by atoms with Gasteiger partial charge in [0.2, 0.25) is 0 Å². The maximum absolute atomic E-state index is 12.1. The third kappa shape index (κ3) is 5.11. The lowest BCUT2D eigenvalue weighted by molar-refractivity contribution is -0.0213. The number of rotatable bonds is 5. The summed E-state index contributed by atoms with van der Waals surface area (Å²) >= 11 is 11.8. The van der Waals surface area contributed by atoms with Gasteiger partial charge >= 0.3 is 0 Å². The fraction of sp³-hybridized carbons (Fsp3) is 0.533. The van der Waals surface area contributed by atoms with Crippen LogP contribution in [0.4, 0.5) is 0 Å². The predicted molar refractivity (Wildman–Crippen MR) is 86.7 cm³/mol. The molecule has 1 heterocycles. The second kappa shape index (κ2) is 7.62. The smallest absolute Gasteiger partial charge is 0.252 e. The van der Waals surface area contributed by atoms with Crippen molar-refractivity contribution in [3.63, 3.8) is 0 Å². The molecule has 2 rings (SSSR count). The first-order chi connectivity index (χ1) is 10.4. The van der Waals surface area contributed by atoms with Crippen molar-refractivity contribution >= 4 is 29.1 Å². The average molecular weight is 347 g/mol. The van der Waals surface area contributed by atoms with Crippen LogP contribution in [0.25, 0.3) is 0 Å². The van der Waals surface area contributed by atoms with Crippen LogP contribution in [0.15, 0.2) is 18.2 Å². The van der Waals surface area contributed by atoms with E-state index in [2.05, 4.69) is 10.2 Å². The summed E-state index contributed by atoms with van der Waals surface area (Å²) in [7, 11) is 0. The molecule has 1 amide bonds. The van der Waals surface area contributed by atoms with Crippen LogP contribution in [-0.4, -0.2) is 60.9 Å². The van der Waals surface area contributed by atoms with Gasteiger partial charge in [-0.15, -0.1) is 0 Å². The summed E-state index contributed by atoms with van der Waals surface area (Å²) in [4.78, 5) is 14.2. The number of carbonyl (C=O) groups excluding carboxylic acids is 1. The first-order valence-electron chi connectivity index (χ1n) is 7.13. The van der Waals surface area contributed by atoms with E-state index in [1.807, 2.05) is 0 Å². The van der Waals surface area contributed by atoms with Crippen LogP contribution in [0, 0.1) is 0 Å². The van der Waals surface area contributed by atoms with Gasteiger partial charge in [-0.05, 0) is 25.1 Å². The number of carbonyl (C=O) groups is 1. The van der Waals surface area contributed by atoms with Gasteiger partial charge in [0.1, 0.15) is 0 Å². The summed E-state index contributed by atoms with van der Waals surface area (Å²) in [6, 6.07) is 4.69. The van der Waals surface area contributed by atoms with Gasteiger partial charge in [0.05, 0.1) is 29.4 Å². The van der Waals surface area contributed by atoms with Crippen molar-refractivity contribution in [2.24, 2.45) is 0 Å². The van der Waals surface area contributed by atoms with E-state index in [1.54, 1.807) is 19.1 Å². The molecular weight excluding hydrogens is 327 g/mol. The lowest BCUT2D eigenvalue weighted by atomic mass is 10.1. The summed E-state index contributed by atoms with van der Waals surface area (Å²) in [5.41, 5.74) is -0.681. The Labute approximate surface area is 140 Å². The molecule has 1 aromatic carbocycles. The quantitative estimate of drug-likeness (QED) is 0.853. The molecule has 0 aliphatic carbocycles. The van der Waals surface area contributed by atoms with Gasteiger partial charge in [-0.1, -0.05) is 23.2 Å². The third-order valence-electron chi connectivity index (χ3n) is 3.47. The molecule has 0 radical (unpaired) electrons. The third-order valence-corrected chi connectivity index (χ3v) is 4.02. The van der Waals surface area contributed by atoms with Crippen molar-refractivity contribution in [2.75, 3.05) is 39.4 Å². The molecule has 1 saturated heterocycles. The van der Waals surface area contributed by atoms with E-state index in [0.29, 0.717) is 30.3 Å². The lowest BCUT2D eigenvalue weighted by Gasteiger charge is -2.33. The van der Waals surface area contributed by atoms with E-state index in [9.17, 15) is 9.90 Å². The maximum atomic E-state index is 12.1. The maximum Gasteiger partial charge on any atom is 0.252 e. The highest BCUT2D eigenvalue weighted by molar-refractivity contribution is 6.36. The number of halogens is 2. The molecule has 1 aliphatic heterocycles. The lowest BCUT2D eigenvalue weighted by Crippen LogP contribution is -2.51. The van der Waals surface area contributed by atoms with E-state index in [4.69, 9.17) is 27.9 Å². The molecule has 0 spiro atoms. The van der Waals surface area contributed by atoms with Crippen molar-refractivity contribution < 1.29 is 14.6 Å². The minimum absolute atomic E-state index is 0.141. The molecule has 0 aromatic heterocycles. The topological polar surface area (TPSA) is 61.8 Å². The van der Waals surface area contributed by atoms with Gasteiger partial charge in [-0.2, -0.15) is 0 Å². The van der Waals surface area contributed by atoms with Crippen LogP contribution in [0.3, 0.4) is 0 Å². The van der Waals surface area contributed by atoms with Gasteiger partial charge in [-0.25, -0.2) is 0 Å². The normalized spacial score (nSPS) is 18.7. The number of benzene rings is 1. The molecule has 22 heavy (non-hydrogen) atoms. The minimum Gasteiger partial charge on any atom is -0.387 e. The van der Waals surface area contributed by atoms with Gasteiger partial charge in [0.15, 0.2) is 0 Å². The van der Waals surface area contributed by atoms with Crippen molar-refractivity contribution in [1.29, 1.82) is 0 Å². The van der Waals surface area contributed by atoms with Crippen LogP contribution >= 0.6 is 23.2 Å². The Kier molecular flexibility index (Phi) is 6.06. The first kappa shape index (κ1) is 17.5. The summed E-state index contributed by atoms with van der Waals surface area (Å²) in [6.45, 7) is 5.23. The Morgan fingerprint density at radius 2 is 2.09 bits per heavy atom. The number of β-amino-alcohol motifs (C(OH)–C–C–N with tert-alkyl or cyclic N) is 1. The molecule has 1 aliphatic rings. The number of hydrogen-bond donors (Lipinski definition) is 2. The average Bonchev–Trinajstić information content (AvgIpc) is 2.45. The second-order valence-corrected chi connectivity index (χ2v) is 6.54. The molecular formula is C15H20Cl2N2O3. The molecule has 5 nitrogen and oxygen atoms in total. The summed E-state index contributed by atoms with van der Waals surface area (Å²) < 4.78 is 5.27. The van der Waals surface area contributed by atoms with Crippen molar-refractivity contribution in [2.45, 2.75) is 12.5 Å². The van der Waals surface area contributed by atoms with Crippen molar-refractivity contribution in [3.8, 4) is 0 Å². The van der Waals surface area contributed by atoms with E-state index in [1.165, 1.54) is 6.07 Å². The van der Waals surface area contributed by atoms with Crippen LogP contribution in [-0.2, 0) is 4.74 Å². The van der Waals surface area contributed by atoms with Crippen molar-refractivity contribution in [3.05, 3.63) is 33.8 Å². The summed E-state index contributed by atoms with van der Waals surface area (Å²) in [5.74, 6) is -0.330. The number of amides is 1. The standard InChI is InChI=1S/C15H20Cl2N2O3/c1-15(21,10-19-4-6-22-7-5-19)9-18-14(20)12-3-2-11(16)8-13(12)17/h2-3,8,21H,4-7,9-10H2,1H3,(H,18,20)/t15-/m0/s1. The van der Waals surface area contributed by atoms with Crippen LogP contribution in [0.5, 0.6) is 0 Å². The van der Waals surface area contributed by atoms with Gasteiger partial charge in [0.25, 0.3) is 5.91 Å². The monoisotopic (exact) mass is 346 g/mol. The second-order valence-electron chi connectivity index (χ2n) is 5.69. The number of morpholine rings is 1. The van der Waals surface area contributed by atoms with Crippen LogP contribution < -0.4 is 5.32 Å². The van der Waals surface area contributed by atoms with Crippen molar-refractivity contribution in [1.82, 2.24) is 10.2 Å². The highest BCUT2D eigenvalue weighted by Crippen LogP contribution is 2.21.